The summed E-state index contributed by atoms with van der Waals surface area (Å²) >= 11 is 0. The van der Waals surface area contributed by atoms with Crippen LogP contribution in [0, 0.1) is 23.4 Å². The van der Waals surface area contributed by atoms with Crippen molar-refractivity contribution in [3.05, 3.63) is 59.4 Å². The predicted octanol–water partition coefficient (Wildman–Crippen LogP) is 2.63. The Kier molecular flexibility index (Phi) is 5.78. The van der Waals surface area contributed by atoms with E-state index in [1.165, 1.54) is 31.0 Å². The van der Waals surface area contributed by atoms with E-state index in [2.05, 4.69) is 5.32 Å². The number of carbonyl (C=O) groups excluding carboxylic acids is 2. The second-order valence-corrected chi connectivity index (χ2v) is 6.85. The van der Waals surface area contributed by atoms with Crippen LogP contribution in [0.2, 0.25) is 0 Å². The number of ether oxygens (including phenoxy) is 1. The largest absolute Gasteiger partial charge is 0.465 e. The van der Waals surface area contributed by atoms with Crippen molar-refractivity contribution in [3.63, 3.8) is 0 Å². The molecule has 0 radical (unpaired) electrons. The molecule has 0 aliphatic carbocycles. The van der Waals surface area contributed by atoms with Crippen LogP contribution in [0.3, 0.4) is 0 Å². The van der Waals surface area contributed by atoms with Crippen LogP contribution in [0.25, 0.3) is 0 Å². The van der Waals surface area contributed by atoms with E-state index in [0.717, 1.165) is 18.2 Å². The smallest absolute Gasteiger partial charge is 0.237 e. The van der Waals surface area contributed by atoms with Gasteiger partial charge in [0.2, 0.25) is 11.8 Å². The number of aliphatic hydroxyl groups excluding tert-OH is 1. The van der Waals surface area contributed by atoms with Crippen molar-refractivity contribution in [2.75, 3.05) is 18.9 Å². The number of hydrogen-bond acceptors (Lipinski definition) is 4. The molecule has 6 nitrogen and oxygen atoms in total. The van der Waals surface area contributed by atoms with E-state index in [4.69, 9.17) is 4.74 Å². The number of likely N-dealkylation sites (N-methyl/N-ethyl adjacent to an activating group) is 1. The van der Waals surface area contributed by atoms with Crippen LogP contribution in [-0.4, -0.2) is 41.7 Å². The van der Waals surface area contributed by atoms with Gasteiger partial charge in [0, 0.05) is 31.6 Å². The van der Waals surface area contributed by atoms with Crippen molar-refractivity contribution < 1.29 is 32.6 Å². The molecular weight excluding hydrogens is 389 g/mol. The van der Waals surface area contributed by atoms with E-state index in [0.29, 0.717) is 6.07 Å². The molecule has 0 aromatic heterocycles. The highest BCUT2D eigenvalue weighted by molar-refractivity contribution is 6.08. The highest BCUT2D eigenvalue weighted by Crippen LogP contribution is 2.35. The van der Waals surface area contributed by atoms with E-state index in [-0.39, 0.29) is 23.5 Å². The lowest BCUT2D eigenvalue weighted by Crippen LogP contribution is -2.33. The predicted molar refractivity (Wildman–Crippen MR) is 97.6 cm³/mol. The van der Waals surface area contributed by atoms with Crippen molar-refractivity contribution in [3.8, 4) is 5.75 Å². The molecule has 0 spiro atoms. The minimum atomic E-state index is -1.29. The van der Waals surface area contributed by atoms with Gasteiger partial charge in [-0.15, -0.1) is 0 Å². The molecule has 1 aliphatic rings. The molecule has 1 unspecified atom stereocenters. The number of amides is 2. The van der Waals surface area contributed by atoms with Crippen LogP contribution in [0.15, 0.2) is 36.4 Å². The summed E-state index contributed by atoms with van der Waals surface area (Å²) in [6.45, 7) is 1.44. The molecule has 0 saturated carbocycles. The summed E-state index contributed by atoms with van der Waals surface area (Å²) in [6.07, 6.45) is -1.15. The van der Waals surface area contributed by atoms with E-state index >= 15 is 0 Å². The molecule has 3 atom stereocenters. The second-order valence-electron chi connectivity index (χ2n) is 6.85. The highest BCUT2D eigenvalue weighted by atomic mass is 19.1. The summed E-state index contributed by atoms with van der Waals surface area (Å²) in [6, 6.07) is 6.30. The van der Waals surface area contributed by atoms with E-state index in [1.807, 2.05) is 0 Å². The topological polar surface area (TPSA) is 78.9 Å². The van der Waals surface area contributed by atoms with Gasteiger partial charge in [0.05, 0.1) is 5.69 Å². The van der Waals surface area contributed by atoms with Gasteiger partial charge < -0.3 is 20.1 Å². The minimum Gasteiger partial charge on any atom is -0.465 e. The van der Waals surface area contributed by atoms with Gasteiger partial charge in [-0.1, -0.05) is 0 Å². The fraction of sp³-hybridized carbons (Fsp3) is 0.300. The summed E-state index contributed by atoms with van der Waals surface area (Å²) in [4.78, 5) is 26.6. The van der Waals surface area contributed by atoms with Crippen LogP contribution in [0.4, 0.5) is 18.9 Å². The number of rotatable bonds is 5. The Balaban J connectivity index is 1.89. The summed E-state index contributed by atoms with van der Waals surface area (Å²) in [5, 5.41) is 11.6. The van der Waals surface area contributed by atoms with Crippen LogP contribution < -0.4 is 10.1 Å². The summed E-state index contributed by atoms with van der Waals surface area (Å²) in [7, 11) is 1.47. The standard InChI is InChI=1S/C20H19F3N2O4/c1-10(26)29-14-3-4-16(23)17(8-14)24-19(27)18-15(9-25(2)20(18)28)11-5-12(21)7-13(22)6-11/h3-8,10,15,18,26H,9H2,1-2H3,(H,24,27)/t10?,15-,18+/m1/s1. The molecule has 154 valence electrons. The number of likely N-dealkylation sites (tertiary alicyclic amines) is 1. The van der Waals surface area contributed by atoms with Gasteiger partial charge in [-0.2, -0.15) is 0 Å². The van der Waals surface area contributed by atoms with Gasteiger partial charge in [0.15, 0.2) is 6.29 Å². The lowest BCUT2D eigenvalue weighted by molar-refractivity contribution is -0.135. The lowest BCUT2D eigenvalue weighted by Gasteiger charge is -2.18. The fourth-order valence-corrected chi connectivity index (χ4v) is 3.36. The second kappa shape index (κ2) is 8.12. The van der Waals surface area contributed by atoms with Gasteiger partial charge in [-0.3, -0.25) is 9.59 Å². The zero-order valence-corrected chi connectivity index (χ0v) is 15.7. The van der Waals surface area contributed by atoms with Crippen molar-refractivity contribution in [2.45, 2.75) is 19.1 Å². The molecule has 2 aromatic carbocycles. The molecule has 3 rings (SSSR count). The van der Waals surface area contributed by atoms with Crippen LogP contribution in [0.1, 0.15) is 18.4 Å². The molecular formula is C20H19F3N2O4. The molecule has 2 N–H and O–H groups in total. The molecule has 1 fully saturated rings. The normalized spacial score (nSPS) is 19.9. The average molecular weight is 408 g/mol. The molecule has 29 heavy (non-hydrogen) atoms. The summed E-state index contributed by atoms with van der Waals surface area (Å²) < 4.78 is 46.4. The number of aliphatic hydroxyl groups is 1. The number of carbonyl (C=O) groups is 2. The third kappa shape index (κ3) is 4.51. The lowest BCUT2D eigenvalue weighted by atomic mass is 9.87. The molecule has 1 aliphatic heterocycles. The molecule has 0 bridgehead atoms. The van der Waals surface area contributed by atoms with Crippen LogP contribution in [0.5, 0.6) is 5.75 Å². The number of anilines is 1. The van der Waals surface area contributed by atoms with Gasteiger partial charge >= 0.3 is 0 Å². The van der Waals surface area contributed by atoms with E-state index in [9.17, 15) is 27.9 Å². The Hall–Kier alpha value is -3.07. The Labute approximate surface area is 164 Å². The first kappa shape index (κ1) is 20.7. The van der Waals surface area contributed by atoms with Gasteiger partial charge in [0.25, 0.3) is 0 Å². The van der Waals surface area contributed by atoms with E-state index < -0.39 is 47.4 Å². The third-order valence-electron chi connectivity index (χ3n) is 4.61. The van der Waals surface area contributed by atoms with Gasteiger partial charge in [0.1, 0.15) is 29.1 Å². The number of nitrogens with zero attached hydrogens (tertiary/aromatic N) is 1. The monoisotopic (exact) mass is 408 g/mol. The molecule has 1 saturated heterocycles. The first-order valence-electron chi connectivity index (χ1n) is 8.82. The minimum absolute atomic E-state index is 0.0769. The maximum Gasteiger partial charge on any atom is 0.237 e. The maximum atomic E-state index is 14.1. The van der Waals surface area contributed by atoms with Crippen LogP contribution >= 0.6 is 0 Å². The number of nitrogens with one attached hydrogen (secondary N) is 1. The zero-order valence-electron chi connectivity index (χ0n) is 15.7. The first-order chi connectivity index (χ1) is 13.7. The average Bonchev–Trinajstić information content (AvgIpc) is 2.92. The number of hydrogen-bond donors (Lipinski definition) is 2. The SMILES string of the molecule is CC(O)Oc1ccc(F)c(NC(=O)[C@H]2C(=O)N(C)C[C@@H]2c2cc(F)cc(F)c2)c1. The summed E-state index contributed by atoms with van der Waals surface area (Å²) in [5.41, 5.74) is -0.0910. The Morgan fingerprint density at radius 1 is 1.21 bits per heavy atom. The quantitative estimate of drug-likeness (QED) is 0.589. The number of benzene rings is 2. The molecule has 9 heteroatoms. The van der Waals surface area contributed by atoms with Crippen molar-refractivity contribution in [1.82, 2.24) is 4.90 Å². The first-order valence-corrected chi connectivity index (χ1v) is 8.82. The van der Waals surface area contributed by atoms with Crippen molar-refractivity contribution in [1.29, 1.82) is 0 Å². The third-order valence-corrected chi connectivity index (χ3v) is 4.61. The molecule has 2 amide bonds. The molecule has 2 aromatic rings. The molecule has 1 heterocycles. The summed E-state index contributed by atoms with van der Waals surface area (Å²) in [5.74, 6) is -5.78. The Morgan fingerprint density at radius 3 is 2.48 bits per heavy atom. The fourth-order valence-electron chi connectivity index (χ4n) is 3.36. The van der Waals surface area contributed by atoms with Gasteiger partial charge in [-0.05, 0) is 36.8 Å². The van der Waals surface area contributed by atoms with Crippen LogP contribution in [-0.2, 0) is 9.59 Å². The zero-order chi connectivity index (χ0) is 21.3. The van der Waals surface area contributed by atoms with Crippen molar-refractivity contribution in [2.24, 2.45) is 5.92 Å². The van der Waals surface area contributed by atoms with Crippen molar-refractivity contribution >= 4 is 17.5 Å². The highest BCUT2D eigenvalue weighted by Gasteiger charge is 2.44. The number of halogens is 3. The van der Waals surface area contributed by atoms with Gasteiger partial charge in [-0.25, -0.2) is 13.2 Å². The maximum absolute atomic E-state index is 14.1. The Morgan fingerprint density at radius 2 is 1.86 bits per heavy atom. The van der Waals surface area contributed by atoms with E-state index in [1.54, 1.807) is 0 Å². The Bertz CT molecular complexity index is 931.